The number of nitrogens with zero attached hydrogens (tertiary/aromatic N) is 2. The number of amides is 1. The number of Topliss-reactive ketones (excluding diaryl/α,β-unsaturated/α-hetero) is 1. The molecule has 0 aromatic heterocycles. The molecule has 1 aliphatic heterocycles. The van der Waals surface area contributed by atoms with Gasteiger partial charge in [0.1, 0.15) is 5.76 Å². The maximum absolute atomic E-state index is 13.1. The Labute approximate surface area is 187 Å². The van der Waals surface area contributed by atoms with E-state index in [2.05, 4.69) is 0 Å². The molecule has 0 saturated carbocycles. The second kappa shape index (κ2) is 8.39. The fraction of sp³-hybridized carbons (Fsp3) is 0.0417. The smallest absolute Gasteiger partial charge is 0.335 e. The van der Waals surface area contributed by atoms with Gasteiger partial charge in [0.2, 0.25) is 0 Å². The Balaban J connectivity index is 1.94. The molecular weight excluding hydrogens is 428 g/mol. The number of nitro benzene ring substituents is 1. The molecule has 1 heterocycles. The molecule has 3 aromatic carbocycles. The van der Waals surface area contributed by atoms with Crippen LogP contribution < -0.4 is 4.90 Å². The van der Waals surface area contributed by atoms with Crippen molar-refractivity contribution in [1.82, 2.24) is 0 Å². The topological polar surface area (TPSA) is 138 Å². The highest BCUT2D eigenvalue weighted by Crippen LogP contribution is 2.42. The molecule has 9 heteroatoms. The average Bonchev–Trinajstić information content (AvgIpc) is 3.09. The molecule has 4 rings (SSSR count). The van der Waals surface area contributed by atoms with Crippen molar-refractivity contribution in [2.45, 2.75) is 6.04 Å². The lowest BCUT2D eigenvalue weighted by molar-refractivity contribution is -0.384. The summed E-state index contributed by atoms with van der Waals surface area (Å²) in [4.78, 5) is 49.1. The molecule has 0 radical (unpaired) electrons. The number of non-ortho nitro benzene ring substituents is 1. The molecule has 1 aliphatic rings. The largest absolute Gasteiger partial charge is 0.507 e. The van der Waals surface area contributed by atoms with Crippen molar-refractivity contribution in [3.63, 3.8) is 0 Å². The first-order chi connectivity index (χ1) is 15.8. The molecule has 1 fully saturated rings. The summed E-state index contributed by atoms with van der Waals surface area (Å²) in [5.74, 6) is -3.54. The first kappa shape index (κ1) is 21.4. The van der Waals surface area contributed by atoms with Crippen LogP contribution in [0, 0.1) is 10.1 Å². The summed E-state index contributed by atoms with van der Waals surface area (Å²) >= 11 is 0. The van der Waals surface area contributed by atoms with E-state index in [-0.39, 0.29) is 22.5 Å². The predicted molar refractivity (Wildman–Crippen MR) is 118 cm³/mol. The van der Waals surface area contributed by atoms with E-state index in [9.17, 15) is 34.7 Å². The van der Waals surface area contributed by atoms with Crippen LogP contribution in [-0.2, 0) is 9.59 Å². The summed E-state index contributed by atoms with van der Waals surface area (Å²) in [6.07, 6.45) is 0. The maximum Gasteiger partial charge on any atom is 0.335 e. The Morgan fingerprint density at radius 3 is 2.12 bits per heavy atom. The zero-order valence-corrected chi connectivity index (χ0v) is 16.9. The van der Waals surface area contributed by atoms with Gasteiger partial charge in [-0.05, 0) is 35.9 Å². The summed E-state index contributed by atoms with van der Waals surface area (Å²) < 4.78 is 0. The normalized spacial score (nSPS) is 17.2. The maximum atomic E-state index is 13.1. The highest BCUT2D eigenvalue weighted by atomic mass is 16.6. The number of hydrogen-bond donors (Lipinski definition) is 2. The van der Waals surface area contributed by atoms with Gasteiger partial charge in [0.05, 0.1) is 22.1 Å². The first-order valence-electron chi connectivity index (χ1n) is 9.73. The van der Waals surface area contributed by atoms with Crippen LogP contribution in [0.3, 0.4) is 0 Å². The number of anilines is 1. The number of carboxylic acids is 1. The van der Waals surface area contributed by atoms with Crippen molar-refractivity contribution in [2.24, 2.45) is 0 Å². The number of aromatic carboxylic acids is 1. The van der Waals surface area contributed by atoms with E-state index in [4.69, 9.17) is 0 Å². The summed E-state index contributed by atoms with van der Waals surface area (Å²) in [6.45, 7) is 0. The zero-order valence-electron chi connectivity index (χ0n) is 16.9. The van der Waals surface area contributed by atoms with Gasteiger partial charge in [-0.3, -0.25) is 24.6 Å². The summed E-state index contributed by atoms with van der Waals surface area (Å²) in [5.41, 5.74) is 0.277. The van der Waals surface area contributed by atoms with E-state index in [1.165, 1.54) is 48.5 Å². The Morgan fingerprint density at radius 2 is 1.52 bits per heavy atom. The van der Waals surface area contributed by atoms with Gasteiger partial charge in [0.15, 0.2) is 0 Å². The third-order valence-corrected chi connectivity index (χ3v) is 5.28. The second-order valence-electron chi connectivity index (χ2n) is 7.24. The van der Waals surface area contributed by atoms with Gasteiger partial charge in [0, 0.05) is 23.4 Å². The number of carbonyl (C=O) groups is 3. The van der Waals surface area contributed by atoms with Crippen LogP contribution in [0.15, 0.2) is 84.4 Å². The highest BCUT2D eigenvalue weighted by molar-refractivity contribution is 6.51. The summed E-state index contributed by atoms with van der Waals surface area (Å²) in [7, 11) is 0. The van der Waals surface area contributed by atoms with E-state index < -0.39 is 34.4 Å². The summed E-state index contributed by atoms with van der Waals surface area (Å²) in [6, 6.07) is 17.8. The molecule has 0 bridgehead atoms. The van der Waals surface area contributed by atoms with Gasteiger partial charge in [-0.2, -0.15) is 0 Å². The molecule has 0 aliphatic carbocycles. The molecule has 1 atom stereocenters. The van der Waals surface area contributed by atoms with Gasteiger partial charge >= 0.3 is 5.97 Å². The van der Waals surface area contributed by atoms with Crippen LogP contribution in [0.2, 0.25) is 0 Å². The molecule has 1 saturated heterocycles. The predicted octanol–water partition coefficient (Wildman–Crippen LogP) is 3.92. The fourth-order valence-electron chi connectivity index (χ4n) is 3.73. The molecule has 33 heavy (non-hydrogen) atoms. The number of benzene rings is 3. The first-order valence-corrected chi connectivity index (χ1v) is 9.73. The minimum Gasteiger partial charge on any atom is -0.507 e. The van der Waals surface area contributed by atoms with Crippen molar-refractivity contribution in [1.29, 1.82) is 0 Å². The molecule has 2 N–H and O–H groups in total. The average molecular weight is 444 g/mol. The van der Waals surface area contributed by atoms with Crippen LogP contribution in [0.4, 0.5) is 11.4 Å². The minimum absolute atomic E-state index is 0.0973. The lowest BCUT2D eigenvalue weighted by Gasteiger charge is -2.25. The molecule has 164 valence electrons. The molecule has 0 spiro atoms. The number of carboxylic acid groups (broad SMARTS) is 1. The van der Waals surface area contributed by atoms with Crippen LogP contribution in [0.1, 0.15) is 27.5 Å². The fourth-order valence-corrected chi connectivity index (χ4v) is 3.73. The SMILES string of the molecule is O=C1C(=O)N(c2cccc(C(=O)O)c2)C(c2ccc([N+](=O)[O-])cc2)C1=C(O)c1ccccc1. The van der Waals surface area contributed by atoms with E-state index in [0.717, 1.165) is 4.90 Å². The van der Waals surface area contributed by atoms with Gasteiger partial charge in [-0.25, -0.2) is 4.79 Å². The van der Waals surface area contributed by atoms with Crippen LogP contribution in [-0.4, -0.2) is 32.8 Å². The van der Waals surface area contributed by atoms with Crippen molar-refractivity contribution in [3.8, 4) is 0 Å². The van der Waals surface area contributed by atoms with Gasteiger partial charge in [-0.15, -0.1) is 0 Å². The Bertz CT molecular complexity index is 1310. The third-order valence-electron chi connectivity index (χ3n) is 5.28. The van der Waals surface area contributed by atoms with Crippen LogP contribution in [0.5, 0.6) is 0 Å². The van der Waals surface area contributed by atoms with Gasteiger partial charge < -0.3 is 10.2 Å². The van der Waals surface area contributed by atoms with Crippen molar-refractivity contribution < 1.29 is 29.5 Å². The zero-order chi connectivity index (χ0) is 23.7. The lowest BCUT2D eigenvalue weighted by Crippen LogP contribution is -2.29. The van der Waals surface area contributed by atoms with Crippen molar-refractivity contribution >= 4 is 34.8 Å². The number of carbonyl (C=O) groups excluding carboxylic acids is 2. The Kier molecular flexibility index (Phi) is 5.45. The molecule has 1 amide bonds. The lowest BCUT2D eigenvalue weighted by atomic mass is 9.95. The molecule has 3 aromatic rings. The van der Waals surface area contributed by atoms with E-state index >= 15 is 0 Å². The van der Waals surface area contributed by atoms with Crippen LogP contribution >= 0.6 is 0 Å². The minimum atomic E-state index is -1.22. The van der Waals surface area contributed by atoms with Gasteiger partial charge in [0.25, 0.3) is 17.4 Å². The molecule has 1 unspecified atom stereocenters. The number of aliphatic hydroxyl groups excluding tert-OH is 1. The molecule has 9 nitrogen and oxygen atoms in total. The number of rotatable bonds is 5. The van der Waals surface area contributed by atoms with Crippen LogP contribution in [0.25, 0.3) is 5.76 Å². The van der Waals surface area contributed by atoms with Gasteiger partial charge in [-0.1, -0.05) is 36.4 Å². The quantitative estimate of drug-likeness (QED) is 0.200. The Hall–Kier alpha value is -4.79. The number of aliphatic hydroxyl groups is 1. The van der Waals surface area contributed by atoms with Crippen molar-refractivity contribution in [3.05, 3.63) is 111 Å². The van der Waals surface area contributed by atoms with Crippen molar-refractivity contribution in [2.75, 3.05) is 4.90 Å². The number of hydrogen-bond acceptors (Lipinski definition) is 6. The monoisotopic (exact) mass is 444 g/mol. The Morgan fingerprint density at radius 1 is 0.879 bits per heavy atom. The van der Waals surface area contributed by atoms with E-state index in [1.54, 1.807) is 30.3 Å². The molecular formula is C24H16N2O7. The third kappa shape index (κ3) is 3.83. The number of nitro groups is 1. The van der Waals surface area contributed by atoms with E-state index in [1.807, 2.05) is 0 Å². The van der Waals surface area contributed by atoms with E-state index in [0.29, 0.717) is 11.1 Å². The standard InChI is InChI=1S/C24H16N2O7/c27-21(15-5-2-1-3-6-15)19-20(14-9-11-17(12-10-14)26(32)33)25(23(29)22(19)28)18-8-4-7-16(13-18)24(30)31/h1-13,20,27H,(H,30,31). The number of ketones is 1. The second-order valence-corrected chi connectivity index (χ2v) is 7.24. The highest BCUT2D eigenvalue weighted by Gasteiger charge is 2.47. The summed E-state index contributed by atoms with van der Waals surface area (Å²) in [5, 5.41) is 31.4.